The highest BCUT2D eigenvalue weighted by atomic mass is 16.5. The van der Waals surface area contributed by atoms with Gasteiger partial charge in [0.2, 0.25) is 18.2 Å². The lowest BCUT2D eigenvalue weighted by Gasteiger charge is -2.35. The molecule has 2 N–H and O–H groups in total. The standard InChI is InChI=1S/C22H26N4O2.C4H10/c1-5-13(3)17(6-2)19-14(4)28-21(24)18(11-23)20(19)15-7-9-16(10-8-15)22-26-25-12-27-22;1-4(2)3/h7-10,12-13,17,20H,5-6,24H2,1-4H3;4H,1-3H3. The SMILES string of the molecule is CC(C)C.CCC(C)C(CC)C1=C(C)OC(N)=C(C#N)C1c1ccc(-c2nnco2)cc1. The summed E-state index contributed by atoms with van der Waals surface area (Å²) in [5.74, 6) is 2.85. The van der Waals surface area contributed by atoms with Crippen molar-refractivity contribution in [2.24, 2.45) is 23.5 Å². The number of hydrogen-bond donors (Lipinski definition) is 1. The Morgan fingerprint density at radius 2 is 1.72 bits per heavy atom. The molecule has 3 atom stereocenters. The summed E-state index contributed by atoms with van der Waals surface area (Å²) in [7, 11) is 0. The molecule has 0 saturated heterocycles. The van der Waals surface area contributed by atoms with Crippen LogP contribution >= 0.6 is 0 Å². The third-order valence-electron chi connectivity index (χ3n) is 5.68. The number of nitrogens with zero attached hydrogens (tertiary/aromatic N) is 3. The molecule has 0 aliphatic carbocycles. The predicted octanol–water partition coefficient (Wildman–Crippen LogP) is 6.55. The fourth-order valence-corrected chi connectivity index (χ4v) is 4.05. The fourth-order valence-electron chi connectivity index (χ4n) is 4.05. The topological polar surface area (TPSA) is 98.0 Å². The highest BCUT2D eigenvalue weighted by Gasteiger charge is 2.36. The Morgan fingerprint density at radius 1 is 1.09 bits per heavy atom. The molecule has 0 amide bonds. The van der Waals surface area contributed by atoms with Crippen molar-refractivity contribution in [1.82, 2.24) is 10.2 Å². The Labute approximate surface area is 192 Å². The molecule has 1 aliphatic heterocycles. The molecule has 1 aromatic heterocycles. The number of nitriles is 1. The number of rotatable bonds is 6. The summed E-state index contributed by atoms with van der Waals surface area (Å²) in [6.07, 6.45) is 3.33. The van der Waals surface area contributed by atoms with E-state index < -0.39 is 0 Å². The quantitative estimate of drug-likeness (QED) is 0.551. The van der Waals surface area contributed by atoms with E-state index in [1.807, 2.05) is 31.2 Å². The normalized spacial score (nSPS) is 17.9. The predicted molar refractivity (Wildman–Crippen MR) is 127 cm³/mol. The average Bonchev–Trinajstić information content (AvgIpc) is 3.29. The molecule has 0 bridgehead atoms. The molecule has 0 saturated carbocycles. The molecule has 0 fully saturated rings. The third kappa shape index (κ3) is 5.79. The van der Waals surface area contributed by atoms with Gasteiger partial charge in [-0.2, -0.15) is 5.26 Å². The maximum atomic E-state index is 9.83. The third-order valence-corrected chi connectivity index (χ3v) is 5.68. The lowest BCUT2D eigenvalue weighted by atomic mass is 9.72. The molecule has 3 rings (SSSR count). The summed E-state index contributed by atoms with van der Waals surface area (Å²) >= 11 is 0. The van der Waals surface area contributed by atoms with Crippen LogP contribution in [0.1, 0.15) is 72.8 Å². The second kappa shape index (κ2) is 11.5. The molecular formula is C26H36N4O2. The van der Waals surface area contributed by atoms with Crippen molar-refractivity contribution in [2.75, 3.05) is 0 Å². The Balaban J connectivity index is 0.000000837. The highest BCUT2D eigenvalue weighted by Crippen LogP contribution is 2.46. The van der Waals surface area contributed by atoms with E-state index in [1.54, 1.807) is 0 Å². The van der Waals surface area contributed by atoms with Crippen LogP contribution in [0.5, 0.6) is 0 Å². The van der Waals surface area contributed by atoms with E-state index in [1.165, 1.54) is 6.39 Å². The maximum absolute atomic E-state index is 9.83. The molecule has 0 spiro atoms. The van der Waals surface area contributed by atoms with Crippen LogP contribution in [0.3, 0.4) is 0 Å². The van der Waals surface area contributed by atoms with E-state index in [0.29, 0.717) is 23.3 Å². The van der Waals surface area contributed by atoms with Gasteiger partial charge in [-0.3, -0.25) is 0 Å². The largest absolute Gasteiger partial charge is 0.445 e. The number of ether oxygens (including phenoxy) is 1. The molecule has 0 radical (unpaired) electrons. The van der Waals surface area contributed by atoms with E-state index in [0.717, 1.165) is 41.2 Å². The lowest BCUT2D eigenvalue weighted by Crippen LogP contribution is -2.26. The van der Waals surface area contributed by atoms with Gasteiger partial charge in [0, 0.05) is 11.5 Å². The first-order valence-electron chi connectivity index (χ1n) is 11.4. The first-order chi connectivity index (χ1) is 15.2. The van der Waals surface area contributed by atoms with Crippen LogP contribution in [-0.4, -0.2) is 10.2 Å². The van der Waals surface area contributed by atoms with Gasteiger partial charge in [0.15, 0.2) is 0 Å². The minimum atomic E-state index is -0.213. The van der Waals surface area contributed by atoms with Crippen LogP contribution in [0.2, 0.25) is 0 Å². The Bertz CT molecular complexity index is 964. The van der Waals surface area contributed by atoms with Crippen molar-refractivity contribution >= 4 is 0 Å². The zero-order chi connectivity index (χ0) is 23.8. The van der Waals surface area contributed by atoms with Gasteiger partial charge in [0.1, 0.15) is 17.4 Å². The second-order valence-electron chi connectivity index (χ2n) is 8.93. The van der Waals surface area contributed by atoms with E-state index in [9.17, 15) is 5.26 Å². The van der Waals surface area contributed by atoms with E-state index >= 15 is 0 Å². The molecule has 6 nitrogen and oxygen atoms in total. The highest BCUT2D eigenvalue weighted by molar-refractivity contribution is 5.56. The Hall–Kier alpha value is -3.07. The summed E-state index contributed by atoms with van der Waals surface area (Å²) in [6.45, 7) is 15.1. The number of nitrogens with two attached hydrogens (primary N) is 1. The van der Waals surface area contributed by atoms with Crippen molar-refractivity contribution in [1.29, 1.82) is 5.26 Å². The fraction of sp³-hybridized carbons (Fsp3) is 0.500. The summed E-state index contributed by atoms with van der Waals surface area (Å²) in [6, 6.07) is 10.1. The Morgan fingerprint density at radius 3 is 2.19 bits per heavy atom. The van der Waals surface area contributed by atoms with Crippen molar-refractivity contribution in [2.45, 2.75) is 67.2 Å². The van der Waals surface area contributed by atoms with Crippen LogP contribution in [0, 0.1) is 29.1 Å². The summed E-state index contributed by atoms with van der Waals surface area (Å²) < 4.78 is 11.1. The lowest BCUT2D eigenvalue weighted by molar-refractivity contribution is 0.257. The first kappa shape index (κ1) is 25.2. The van der Waals surface area contributed by atoms with Gasteiger partial charge in [0.25, 0.3) is 0 Å². The molecule has 3 unspecified atom stereocenters. The zero-order valence-corrected chi connectivity index (χ0v) is 20.3. The zero-order valence-electron chi connectivity index (χ0n) is 20.3. The monoisotopic (exact) mass is 436 g/mol. The average molecular weight is 437 g/mol. The first-order valence-corrected chi connectivity index (χ1v) is 11.4. The molecule has 172 valence electrons. The molecular weight excluding hydrogens is 400 g/mol. The van der Waals surface area contributed by atoms with Gasteiger partial charge < -0.3 is 14.9 Å². The van der Waals surface area contributed by atoms with Gasteiger partial charge in [-0.15, -0.1) is 10.2 Å². The number of aromatic nitrogens is 2. The minimum Gasteiger partial charge on any atom is -0.445 e. The maximum Gasteiger partial charge on any atom is 0.247 e. The van der Waals surface area contributed by atoms with Gasteiger partial charge in [-0.05, 0) is 54.4 Å². The molecule has 1 aromatic carbocycles. The molecule has 2 aromatic rings. The molecule has 1 aliphatic rings. The summed E-state index contributed by atoms with van der Waals surface area (Å²) in [5, 5.41) is 17.5. The van der Waals surface area contributed by atoms with Gasteiger partial charge >= 0.3 is 0 Å². The van der Waals surface area contributed by atoms with Crippen molar-refractivity contribution in [3.8, 4) is 17.5 Å². The van der Waals surface area contributed by atoms with Crippen molar-refractivity contribution in [3.05, 3.63) is 59.0 Å². The van der Waals surface area contributed by atoms with Gasteiger partial charge in [-0.25, -0.2) is 0 Å². The second-order valence-corrected chi connectivity index (χ2v) is 8.93. The van der Waals surface area contributed by atoms with Crippen LogP contribution in [-0.2, 0) is 4.74 Å². The summed E-state index contributed by atoms with van der Waals surface area (Å²) in [4.78, 5) is 0. The number of benzene rings is 1. The Kier molecular flexibility index (Phi) is 9.07. The van der Waals surface area contributed by atoms with Gasteiger partial charge in [0.05, 0.1) is 0 Å². The van der Waals surface area contributed by atoms with E-state index in [-0.39, 0.29) is 11.8 Å². The molecule has 2 heterocycles. The minimum absolute atomic E-state index is 0.189. The van der Waals surface area contributed by atoms with Crippen LogP contribution in [0.4, 0.5) is 0 Å². The van der Waals surface area contributed by atoms with Crippen LogP contribution in [0.25, 0.3) is 11.5 Å². The molecule has 6 heteroatoms. The van der Waals surface area contributed by atoms with Crippen LogP contribution < -0.4 is 5.73 Å². The number of hydrogen-bond acceptors (Lipinski definition) is 6. The van der Waals surface area contributed by atoms with Gasteiger partial charge in [-0.1, -0.05) is 60.1 Å². The summed E-state index contributed by atoms with van der Waals surface area (Å²) in [5.41, 5.74) is 9.54. The van der Waals surface area contributed by atoms with Crippen molar-refractivity contribution < 1.29 is 9.15 Å². The van der Waals surface area contributed by atoms with Crippen molar-refractivity contribution in [3.63, 3.8) is 0 Å². The van der Waals surface area contributed by atoms with E-state index in [2.05, 4.69) is 57.8 Å². The van der Waals surface area contributed by atoms with Crippen LogP contribution in [0.15, 0.2) is 57.9 Å². The smallest absolute Gasteiger partial charge is 0.247 e. The number of allylic oxidation sites excluding steroid dienone is 3. The van der Waals surface area contributed by atoms with E-state index in [4.69, 9.17) is 14.9 Å². The molecule has 32 heavy (non-hydrogen) atoms.